The first-order chi connectivity index (χ1) is 14.5. The molecule has 1 atom stereocenters. The van der Waals surface area contributed by atoms with E-state index in [0.29, 0.717) is 23.6 Å². The van der Waals surface area contributed by atoms with Gasteiger partial charge in [0.25, 0.3) is 0 Å². The summed E-state index contributed by atoms with van der Waals surface area (Å²) in [6, 6.07) is 14.3. The van der Waals surface area contributed by atoms with E-state index in [1.54, 1.807) is 17.0 Å². The normalized spacial score (nSPS) is 16.1. The molecule has 0 fully saturated rings. The van der Waals surface area contributed by atoms with E-state index in [1.807, 2.05) is 38.1 Å². The maximum atomic E-state index is 14.9. The van der Waals surface area contributed by atoms with Crippen molar-refractivity contribution in [3.63, 3.8) is 0 Å². The number of benzene rings is 2. The zero-order valence-electron chi connectivity index (χ0n) is 16.9. The lowest BCUT2D eigenvalue weighted by Gasteiger charge is -2.36. The maximum absolute atomic E-state index is 14.9. The molecular formula is C24H22FN3O2. The molecule has 0 bridgehead atoms. The number of aryl methyl sites for hydroxylation is 2. The van der Waals surface area contributed by atoms with Crippen LogP contribution in [0.3, 0.4) is 0 Å². The molecule has 0 radical (unpaired) electrons. The first kappa shape index (κ1) is 18.6. The Morgan fingerprint density at radius 3 is 2.73 bits per heavy atom. The highest BCUT2D eigenvalue weighted by atomic mass is 19.1. The van der Waals surface area contributed by atoms with Crippen molar-refractivity contribution in [3.05, 3.63) is 88.2 Å². The van der Waals surface area contributed by atoms with Crippen LogP contribution < -0.4 is 0 Å². The summed E-state index contributed by atoms with van der Waals surface area (Å²) in [7, 11) is 0. The third kappa shape index (κ3) is 2.91. The number of hydrogen-bond acceptors (Lipinski definition) is 3. The third-order valence-electron chi connectivity index (χ3n) is 6.06. The lowest BCUT2D eigenvalue weighted by molar-refractivity contribution is -0.132. The number of nitrogens with one attached hydrogen (secondary N) is 1. The number of hydrogen-bond donors (Lipinski definition) is 1. The van der Waals surface area contributed by atoms with Crippen molar-refractivity contribution in [2.75, 3.05) is 6.54 Å². The molecule has 0 saturated carbocycles. The van der Waals surface area contributed by atoms with Gasteiger partial charge in [-0.05, 0) is 38.0 Å². The monoisotopic (exact) mass is 403 g/mol. The number of carbonyl (C=O) groups excluding carboxylic acids is 1. The molecular weight excluding hydrogens is 381 g/mol. The van der Waals surface area contributed by atoms with Crippen LogP contribution in [-0.4, -0.2) is 27.5 Å². The van der Waals surface area contributed by atoms with Crippen LogP contribution in [0.1, 0.15) is 39.9 Å². The molecule has 6 heteroatoms. The fourth-order valence-electron chi connectivity index (χ4n) is 4.54. The van der Waals surface area contributed by atoms with Crippen molar-refractivity contribution in [2.24, 2.45) is 0 Å². The van der Waals surface area contributed by atoms with E-state index < -0.39 is 6.04 Å². The number of para-hydroxylation sites is 1. The number of nitrogens with zero attached hydrogens (tertiary/aromatic N) is 2. The van der Waals surface area contributed by atoms with E-state index in [0.717, 1.165) is 34.1 Å². The molecule has 1 amide bonds. The van der Waals surface area contributed by atoms with E-state index in [4.69, 9.17) is 4.52 Å². The Balaban J connectivity index is 1.62. The standard InChI is InChI=1S/C24H22FN3O2/c1-14-19(15(2)30-27-14)13-22(29)28-12-11-17-16-7-4-6-10-21(16)26-23(17)24(28)18-8-3-5-9-20(18)25/h3-10,24,26H,11-13H2,1-2H3/t24-/m0/s1. The average molecular weight is 403 g/mol. The molecule has 4 aromatic rings. The van der Waals surface area contributed by atoms with Gasteiger partial charge in [-0.3, -0.25) is 4.79 Å². The van der Waals surface area contributed by atoms with Gasteiger partial charge in [-0.15, -0.1) is 0 Å². The molecule has 1 aliphatic heterocycles. The number of halogens is 1. The van der Waals surface area contributed by atoms with Crippen molar-refractivity contribution in [2.45, 2.75) is 32.7 Å². The van der Waals surface area contributed by atoms with Crippen molar-refractivity contribution >= 4 is 16.8 Å². The van der Waals surface area contributed by atoms with Crippen LogP contribution in [-0.2, 0) is 17.6 Å². The number of carbonyl (C=O) groups is 1. The Labute approximate surface area is 173 Å². The number of amides is 1. The van der Waals surface area contributed by atoms with Gasteiger partial charge in [0.15, 0.2) is 0 Å². The highest BCUT2D eigenvalue weighted by molar-refractivity contribution is 5.87. The van der Waals surface area contributed by atoms with Gasteiger partial charge in [-0.25, -0.2) is 4.39 Å². The zero-order chi connectivity index (χ0) is 20.8. The van der Waals surface area contributed by atoms with Gasteiger partial charge < -0.3 is 14.4 Å². The van der Waals surface area contributed by atoms with Gasteiger partial charge in [0.1, 0.15) is 17.6 Å². The predicted octanol–water partition coefficient (Wildman–Crippen LogP) is 4.63. The summed E-state index contributed by atoms with van der Waals surface area (Å²) in [5, 5.41) is 5.09. The molecule has 1 aliphatic rings. The van der Waals surface area contributed by atoms with E-state index in [2.05, 4.69) is 16.2 Å². The van der Waals surface area contributed by atoms with Crippen molar-refractivity contribution < 1.29 is 13.7 Å². The number of aromatic amines is 1. The van der Waals surface area contributed by atoms with Gasteiger partial charge in [0, 0.05) is 34.3 Å². The Morgan fingerprint density at radius 1 is 1.20 bits per heavy atom. The van der Waals surface area contributed by atoms with Crippen molar-refractivity contribution in [3.8, 4) is 0 Å². The molecule has 152 valence electrons. The van der Waals surface area contributed by atoms with E-state index in [1.165, 1.54) is 6.07 Å². The first-order valence-corrected chi connectivity index (χ1v) is 10.1. The molecule has 0 saturated heterocycles. The number of rotatable bonds is 3. The fourth-order valence-corrected chi connectivity index (χ4v) is 4.54. The summed E-state index contributed by atoms with van der Waals surface area (Å²) in [5.74, 6) is 0.262. The summed E-state index contributed by atoms with van der Waals surface area (Å²) >= 11 is 0. The maximum Gasteiger partial charge on any atom is 0.228 e. The SMILES string of the molecule is Cc1noc(C)c1CC(=O)N1CCc2c([nH]c3ccccc23)[C@@H]1c1ccccc1F. The van der Waals surface area contributed by atoms with Gasteiger partial charge in [0.05, 0.1) is 12.1 Å². The van der Waals surface area contributed by atoms with E-state index >= 15 is 0 Å². The molecule has 1 N–H and O–H groups in total. The molecule has 2 aromatic carbocycles. The Hall–Kier alpha value is -3.41. The second kappa shape index (κ2) is 7.13. The smallest absolute Gasteiger partial charge is 0.228 e. The highest BCUT2D eigenvalue weighted by Gasteiger charge is 2.36. The summed E-state index contributed by atoms with van der Waals surface area (Å²) < 4.78 is 20.1. The van der Waals surface area contributed by atoms with Crippen molar-refractivity contribution in [1.82, 2.24) is 15.0 Å². The number of aromatic nitrogens is 2. The summed E-state index contributed by atoms with van der Waals surface area (Å²) in [5.41, 5.74) is 5.06. The van der Waals surface area contributed by atoms with Crippen LogP contribution in [0.15, 0.2) is 53.1 Å². The molecule has 30 heavy (non-hydrogen) atoms. The molecule has 2 aromatic heterocycles. The Bertz CT molecular complexity index is 1240. The van der Waals surface area contributed by atoms with Gasteiger partial charge in [-0.1, -0.05) is 41.6 Å². The quantitative estimate of drug-likeness (QED) is 0.543. The van der Waals surface area contributed by atoms with Crippen LogP contribution in [0.4, 0.5) is 4.39 Å². The average Bonchev–Trinajstić information content (AvgIpc) is 3.28. The third-order valence-corrected chi connectivity index (χ3v) is 6.06. The van der Waals surface area contributed by atoms with Gasteiger partial charge >= 0.3 is 0 Å². The number of fused-ring (bicyclic) bond motifs is 3. The summed E-state index contributed by atoms with van der Waals surface area (Å²) in [6.45, 7) is 4.17. The second-order valence-corrected chi connectivity index (χ2v) is 7.80. The van der Waals surface area contributed by atoms with Crippen molar-refractivity contribution in [1.29, 1.82) is 0 Å². The minimum atomic E-state index is -0.504. The molecule has 3 heterocycles. The fraction of sp³-hybridized carbons (Fsp3) is 0.250. The van der Waals surface area contributed by atoms with Crippen LogP contribution in [0.5, 0.6) is 0 Å². The topological polar surface area (TPSA) is 62.1 Å². The summed E-state index contributed by atoms with van der Waals surface area (Å²) in [6.07, 6.45) is 0.902. The Morgan fingerprint density at radius 2 is 1.97 bits per heavy atom. The lowest BCUT2D eigenvalue weighted by atomic mass is 9.91. The molecule has 5 rings (SSSR count). The van der Waals surface area contributed by atoms with Crippen LogP contribution in [0, 0.1) is 19.7 Å². The van der Waals surface area contributed by atoms with Gasteiger partial charge in [-0.2, -0.15) is 0 Å². The lowest BCUT2D eigenvalue weighted by Crippen LogP contribution is -2.41. The van der Waals surface area contributed by atoms with Crippen LogP contribution in [0.2, 0.25) is 0 Å². The Kier molecular flexibility index (Phi) is 4.42. The highest BCUT2D eigenvalue weighted by Crippen LogP contribution is 2.39. The van der Waals surface area contributed by atoms with Gasteiger partial charge in [0.2, 0.25) is 5.91 Å². The molecule has 0 spiro atoms. The predicted molar refractivity (Wildman–Crippen MR) is 112 cm³/mol. The number of H-pyrrole nitrogens is 1. The minimum Gasteiger partial charge on any atom is -0.361 e. The molecule has 0 aliphatic carbocycles. The van der Waals surface area contributed by atoms with E-state index in [9.17, 15) is 9.18 Å². The second-order valence-electron chi connectivity index (χ2n) is 7.80. The van der Waals surface area contributed by atoms with Crippen LogP contribution >= 0.6 is 0 Å². The van der Waals surface area contributed by atoms with E-state index in [-0.39, 0.29) is 18.1 Å². The first-order valence-electron chi connectivity index (χ1n) is 10.1. The minimum absolute atomic E-state index is 0.0676. The largest absolute Gasteiger partial charge is 0.361 e. The molecule has 5 nitrogen and oxygen atoms in total. The molecule has 0 unspecified atom stereocenters. The summed E-state index contributed by atoms with van der Waals surface area (Å²) in [4.78, 5) is 18.7. The van der Waals surface area contributed by atoms with Crippen LogP contribution in [0.25, 0.3) is 10.9 Å². The zero-order valence-corrected chi connectivity index (χ0v) is 16.9.